The molecular formula is C14H15NO5. The van der Waals surface area contributed by atoms with Gasteiger partial charge in [-0.05, 0) is 6.07 Å². The summed E-state index contributed by atoms with van der Waals surface area (Å²) in [5.41, 5.74) is 3.42. The number of esters is 1. The molecule has 1 amide bonds. The van der Waals surface area contributed by atoms with Crippen LogP contribution in [0.5, 0.6) is 5.75 Å². The fourth-order valence-corrected chi connectivity index (χ4v) is 1.98. The number of fused-ring (bicyclic) bond motifs is 1. The van der Waals surface area contributed by atoms with Crippen molar-refractivity contribution in [3.63, 3.8) is 0 Å². The average molecular weight is 277 g/mol. The zero-order valence-corrected chi connectivity index (χ0v) is 11.3. The summed E-state index contributed by atoms with van der Waals surface area (Å²) in [7, 11) is 1.29. The Morgan fingerprint density at radius 2 is 2.20 bits per heavy atom. The highest BCUT2D eigenvalue weighted by molar-refractivity contribution is 5.99. The van der Waals surface area contributed by atoms with Gasteiger partial charge in [0.15, 0.2) is 11.5 Å². The number of hydroxylamine groups is 1. The van der Waals surface area contributed by atoms with Crippen molar-refractivity contribution in [1.82, 2.24) is 5.48 Å². The first-order valence-corrected chi connectivity index (χ1v) is 6.21. The van der Waals surface area contributed by atoms with Gasteiger partial charge in [0.25, 0.3) is 5.91 Å². The summed E-state index contributed by atoms with van der Waals surface area (Å²) in [5, 5.41) is 0. The fraction of sp³-hybridized carbons (Fsp3) is 0.357. The minimum absolute atomic E-state index is 0.0318. The smallest absolute Gasteiger partial charge is 0.306 e. The quantitative estimate of drug-likeness (QED) is 0.656. The number of hydrogen-bond donors (Lipinski definition) is 1. The minimum atomic E-state index is -0.473. The lowest BCUT2D eigenvalue weighted by Gasteiger charge is -2.18. The number of nitrogens with one attached hydrogen (secondary N) is 1. The molecular weight excluding hydrogens is 262 g/mol. The monoisotopic (exact) mass is 277 g/mol. The first kappa shape index (κ1) is 14.0. The van der Waals surface area contributed by atoms with Crippen LogP contribution >= 0.6 is 0 Å². The second-order valence-electron chi connectivity index (χ2n) is 4.67. The number of Topliss-reactive ketones (excluding diaryl/α,β-unsaturated/α-hetero) is 1. The summed E-state index contributed by atoms with van der Waals surface area (Å²) in [4.78, 5) is 39.6. The van der Waals surface area contributed by atoms with E-state index in [1.807, 2.05) is 0 Å². The second-order valence-corrected chi connectivity index (χ2v) is 4.67. The summed E-state index contributed by atoms with van der Waals surface area (Å²) >= 11 is 0. The summed E-state index contributed by atoms with van der Waals surface area (Å²) in [5.74, 6) is -0.832. The van der Waals surface area contributed by atoms with Gasteiger partial charge in [0.05, 0.1) is 20.0 Å². The maximum absolute atomic E-state index is 12.2. The van der Waals surface area contributed by atoms with Crippen LogP contribution in [0.3, 0.4) is 0 Å². The lowest BCUT2D eigenvalue weighted by atomic mass is 9.95. The van der Waals surface area contributed by atoms with E-state index in [2.05, 4.69) is 10.2 Å². The van der Waals surface area contributed by atoms with Crippen molar-refractivity contribution in [2.45, 2.75) is 19.8 Å². The maximum atomic E-state index is 12.2. The second kappa shape index (κ2) is 5.73. The Morgan fingerprint density at radius 1 is 1.45 bits per heavy atom. The number of carbonyl (C=O) groups is 3. The number of ether oxygens (including phenoxy) is 1. The summed E-state index contributed by atoms with van der Waals surface area (Å²) in [6.45, 7) is 1.67. The Morgan fingerprint density at radius 3 is 2.90 bits per heavy atom. The van der Waals surface area contributed by atoms with Gasteiger partial charge in [-0.15, -0.1) is 0 Å². The predicted octanol–water partition coefficient (Wildman–Crippen LogP) is 1.03. The normalized spacial score (nSPS) is 14.6. The molecule has 0 aromatic heterocycles. The molecule has 0 radical (unpaired) electrons. The van der Waals surface area contributed by atoms with Gasteiger partial charge in [-0.2, -0.15) is 5.48 Å². The molecule has 0 aliphatic carbocycles. The lowest BCUT2D eigenvalue weighted by molar-refractivity contribution is -0.141. The number of hydrogen-bond acceptors (Lipinski definition) is 5. The Kier molecular flexibility index (Phi) is 4.02. The predicted molar refractivity (Wildman–Crippen MR) is 69.0 cm³/mol. The van der Waals surface area contributed by atoms with Gasteiger partial charge in [-0.25, -0.2) is 0 Å². The molecule has 20 heavy (non-hydrogen) atoms. The van der Waals surface area contributed by atoms with Gasteiger partial charge < -0.3 is 9.57 Å². The third kappa shape index (κ3) is 2.96. The van der Waals surface area contributed by atoms with Gasteiger partial charge in [-0.1, -0.05) is 19.1 Å². The first-order valence-electron chi connectivity index (χ1n) is 6.21. The topological polar surface area (TPSA) is 81.7 Å². The van der Waals surface area contributed by atoms with E-state index >= 15 is 0 Å². The molecule has 0 saturated carbocycles. The van der Waals surface area contributed by atoms with E-state index in [0.29, 0.717) is 11.3 Å². The van der Waals surface area contributed by atoms with Crippen LogP contribution in [-0.2, 0) is 20.7 Å². The van der Waals surface area contributed by atoms with Crippen molar-refractivity contribution >= 4 is 17.7 Å². The SMILES string of the molecule is COC(=O)CC(C)C(=O)c1ccc2c(c1)ONC(=O)C2. The van der Waals surface area contributed by atoms with Crippen LogP contribution < -0.4 is 10.3 Å². The molecule has 1 aliphatic heterocycles. The van der Waals surface area contributed by atoms with Crippen molar-refractivity contribution in [2.24, 2.45) is 5.92 Å². The molecule has 0 bridgehead atoms. The molecule has 2 rings (SSSR count). The zero-order valence-electron chi connectivity index (χ0n) is 11.3. The maximum Gasteiger partial charge on any atom is 0.306 e. The molecule has 1 aromatic rings. The van der Waals surface area contributed by atoms with Crippen LogP contribution in [0.2, 0.25) is 0 Å². The third-order valence-electron chi connectivity index (χ3n) is 3.13. The standard InChI is InChI=1S/C14H15NO5/c1-8(5-13(17)19-2)14(18)10-4-3-9-7-12(16)15-20-11(9)6-10/h3-4,6,8H,5,7H2,1-2H3,(H,15,16). The molecule has 6 heteroatoms. The van der Waals surface area contributed by atoms with Crippen molar-refractivity contribution in [1.29, 1.82) is 0 Å². The van der Waals surface area contributed by atoms with E-state index in [4.69, 9.17) is 4.84 Å². The van der Waals surface area contributed by atoms with E-state index in [0.717, 1.165) is 5.56 Å². The van der Waals surface area contributed by atoms with Crippen molar-refractivity contribution in [3.8, 4) is 5.75 Å². The molecule has 0 spiro atoms. The number of amides is 1. The van der Waals surface area contributed by atoms with Gasteiger partial charge >= 0.3 is 5.97 Å². The van der Waals surface area contributed by atoms with Crippen LogP contribution in [0.4, 0.5) is 0 Å². The molecule has 1 atom stereocenters. The molecule has 1 unspecified atom stereocenters. The highest BCUT2D eigenvalue weighted by Crippen LogP contribution is 2.25. The van der Waals surface area contributed by atoms with Crippen LogP contribution in [0.15, 0.2) is 18.2 Å². The Labute approximate surface area is 116 Å². The Bertz CT molecular complexity index is 567. The molecule has 1 heterocycles. The minimum Gasteiger partial charge on any atom is -0.469 e. The van der Waals surface area contributed by atoms with Crippen LogP contribution in [0.25, 0.3) is 0 Å². The van der Waals surface area contributed by atoms with E-state index in [-0.39, 0.29) is 24.5 Å². The molecule has 0 fully saturated rings. The molecule has 106 valence electrons. The number of ketones is 1. The first-order chi connectivity index (χ1) is 9.51. The number of rotatable bonds is 4. The lowest BCUT2D eigenvalue weighted by Crippen LogP contribution is -2.33. The van der Waals surface area contributed by atoms with Gasteiger partial charge in [0.1, 0.15) is 0 Å². The summed E-state index contributed by atoms with van der Waals surface area (Å²) < 4.78 is 4.55. The Hall–Kier alpha value is -2.37. The molecule has 0 saturated heterocycles. The number of methoxy groups -OCH3 is 1. The van der Waals surface area contributed by atoms with Crippen LogP contribution in [-0.4, -0.2) is 24.8 Å². The van der Waals surface area contributed by atoms with Crippen molar-refractivity contribution in [2.75, 3.05) is 7.11 Å². The fourth-order valence-electron chi connectivity index (χ4n) is 1.98. The van der Waals surface area contributed by atoms with E-state index < -0.39 is 11.9 Å². The van der Waals surface area contributed by atoms with Gasteiger partial charge in [0.2, 0.25) is 0 Å². The number of benzene rings is 1. The molecule has 1 aromatic carbocycles. The van der Waals surface area contributed by atoms with Gasteiger partial charge in [-0.3, -0.25) is 14.4 Å². The third-order valence-corrected chi connectivity index (χ3v) is 3.13. The molecule has 1 aliphatic rings. The average Bonchev–Trinajstić information content (AvgIpc) is 2.45. The van der Waals surface area contributed by atoms with E-state index in [9.17, 15) is 14.4 Å². The van der Waals surface area contributed by atoms with Crippen molar-refractivity contribution < 1.29 is 24.0 Å². The molecule has 1 N–H and O–H groups in total. The van der Waals surface area contributed by atoms with Crippen molar-refractivity contribution in [3.05, 3.63) is 29.3 Å². The zero-order chi connectivity index (χ0) is 14.7. The van der Waals surface area contributed by atoms with E-state index in [1.165, 1.54) is 7.11 Å². The van der Waals surface area contributed by atoms with Gasteiger partial charge in [0, 0.05) is 17.0 Å². The Balaban J connectivity index is 2.15. The van der Waals surface area contributed by atoms with Crippen LogP contribution in [0.1, 0.15) is 29.3 Å². The highest BCUT2D eigenvalue weighted by atomic mass is 16.7. The summed E-state index contributed by atoms with van der Waals surface area (Å²) in [6, 6.07) is 4.90. The summed E-state index contributed by atoms with van der Waals surface area (Å²) in [6.07, 6.45) is 0.255. The largest absolute Gasteiger partial charge is 0.469 e. The highest BCUT2D eigenvalue weighted by Gasteiger charge is 2.22. The van der Waals surface area contributed by atoms with Crippen LogP contribution in [0, 0.1) is 5.92 Å². The van der Waals surface area contributed by atoms with E-state index in [1.54, 1.807) is 25.1 Å². The number of carbonyl (C=O) groups excluding carboxylic acids is 3. The molecule has 6 nitrogen and oxygen atoms in total.